The molecule has 0 unspecified atom stereocenters. The average molecular weight is 228 g/mol. The van der Waals surface area contributed by atoms with Gasteiger partial charge in [-0.3, -0.25) is 0 Å². The Morgan fingerprint density at radius 3 is 2.67 bits per heavy atom. The molecule has 0 heterocycles. The van der Waals surface area contributed by atoms with E-state index in [1.165, 1.54) is 0 Å². The van der Waals surface area contributed by atoms with Crippen molar-refractivity contribution in [3.05, 3.63) is 34.3 Å². The van der Waals surface area contributed by atoms with E-state index in [1.54, 1.807) is 6.21 Å². The number of hydrogen-bond donors (Lipinski definition) is 0. The van der Waals surface area contributed by atoms with E-state index in [1.807, 2.05) is 31.2 Å². The summed E-state index contributed by atoms with van der Waals surface area (Å²) in [5.74, 6) is 0. The summed E-state index contributed by atoms with van der Waals surface area (Å²) in [5, 5.41) is 3.75. The van der Waals surface area contributed by atoms with E-state index in [9.17, 15) is 0 Å². The molecule has 0 aliphatic carbocycles. The zero-order valence-electron chi connectivity index (χ0n) is 6.83. The Morgan fingerprint density at radius 1 is 1.42 bits per heavy atom. The molecule has 64 valence electrons. The molecule has 2 nitrogen and oxygen atoms in total. The van der Waals surface area contributed by atoms with Crippen LogP contribution in [0, 0.1) is 0 Å². The van der Waals surface area contributed by atoms with Crippen molar-refractivity contribution >= 4 is 22.1 Å². The molecule has 0 amide bonds. The predicted octanol–water partition coefficient (Wildman–Crippen LogP) is 2.82. The highest BCUT2D eigenvalue weighted by atomic mass is 79.9. The number of benzene rings is 1. The Balaban J connectivity index is 2.58. The molecule has 0 radical (unpaired) electrons. The molecule has 1 rings (SSSR count). The van der Waals surface area contributed by atoms with Crippen LogP contribution in [0.3, 0.4) is 0 Å². The first-order valence-electron chi connectivity index (χ1n) is 3.74. The summed E-state index contributed by atoms with van der Waals surface area (Å²) >= 11 is 3.35. The van der Waals surface area contributed by atoms with Crippen molar-refractivity contribution in [3.63, 3.8) is 0 Å². The zero-order chi connectivity index (χ0) is 8.81. The first-order valence-corrected chi connectivity index (χ1v) is 4.53. The van der Waals surface area contributed by atoms with Crippen molar-refractivity contribution < 1.29 is 4.84 Å². The van der Waals surface area contributed by atoms with Gasteiger partial charge in [-0.1, -0.05) is 33.2 Å². The summed E-state index contributed by atoms with van der Waals surface area (Å²) in [6, 6.07) is 7.86. The third kappa shape index (κ3) is 3.05. The maximum absolute atomic E-state index is 4.83. The molecule has 0 aliphatic heterocycles. The van der Waals surface area contributed by atoms with Crippen molar-refractivity contribution in [3.8, 4) is 0 Å². The highest BCUT2D eigenvalue weighted by Crippen LogP contribution is 2.08. The van der Waals surface area contributed by atoms with Crippen LogP contribution in [0.4, 0.5) is 0 Å². The van der Waals surface area contributed by atoms with E-state index in [0.29, 0.717) is 6.61 Å². The molecule has 0 saturated carbocycles. The van der Waals surface area contributed by atoms with Crippen molar-refractivity contribution in [2.75, 3.05) is 6.61 Å². The number of hydrogen-bond acceptors (Lipinski definition) is 2. The van der Waals surface area contributed by atoms with E-state index in [2.05, 4.69) is 21.1 Å². The molecule has 0 aliphatic rings. The Morgan fingerprint density at radius 2 is 2.08 bits per heavy atom. The summed E-state index contributed by atoms with van der Waals surface area (Å²) in [4.78, 5) is 4.83. The van der Waals surface area contributed by atoms with E-state index in [0.717, 1.165) is 10.0 Å². The van der Waals surface area contributed by atoms with Gasteiger partial charge in [0.25, 0.3) is 0 Å². The second-order valence-electron chi connectivity index (χ2n) is 2.20. The first kappa shape index (κ1) is 9.26. The fourth-order valence-electron chi connectivity index (χ4n) is 0.722. The molecule has 0 fully saturated rings. The molecule has 0 atom stereocenters. The molecule has 0 N–H and O–H groups in total. The first-order chi connectivity index (χ1) is 5.83. The molecular formula is C9H10BrNO. The van der Waals surface area contributed by atoms with Gasteiger partial charge in [-0.25, -0.2) is 0 Å². The molecule has 0 saturated heterocycles. The van der Waals surface area contributed by atoms with E-state index in [4.69, 9.17) is 4.84 Å². The summed E-state index contributed by atoms with van der Waals surface area (Å²) in [5.41, 5.74) is 1.03. The fourth-order valence-corrected chi connectivity index (χ4v) is 0.986. The summed E-state index contributed by atoms with van der Waals surface area (Å²) in [7, 11) is 0. The van der Waals surface area contributed by atoms with Gasteiger partial charge >= 0.3 is 0 Å². The number of rotatable bonds is 3. The van der Waals surface area contributed by atoms with Crippen molar-refractivity contribution in [1.29, 1.82) is 0 Å². The fraction of sp³-hybridized carbons (Fsp3) is 0.222. The van der Waals surface area contributed by atoms with Crippen LogP contribution >= 0.6 is 15.9 Å². The lowest BCUT2D eigenvalue weighted by molar-refractivity contribution is 0.160. The van der Waals surface area contributed by atoms with Crippen LogP contribution in [0.15, 0.2) is 33.9 Å². The quantitative estimate of drug-likeness (QED) is 0.575. The minimum absolute atomic E-state index is 0.604. The number of nitrogens with zero attached hydrogens (tertiary/aromatic N) is 1. The van der Waals surface area contributed by atoms with Crippen LogP contribution in [0.2, 0.25) is 0 Å². The van der Waals surface area contributed by atoms with Crippen LogP contribution in [0.5, 0.6) is 0 Å². The largest absolute Gasteiger partial charge is 0.396 e. The van der Waals surface area contributed by atoms with Crippen LogP contribution in [0.1, 0.15) is 12.5 Å². The van der Waals surface area contributed by atoms with Crippen LogP contribution < -0.4 is 0 Å². The van der Waals surface area contributed by atoms with Gasteiger partial charge in [-0.05, 0) is 24.6 Å². The average Bonchev–Trinajstić information content (AvgIpc) is 2.09. The normalized spacial score (nSPS) is 10.5. The minimum atomic E-state index is 0.604. The summed E-state index contributed by atoms with van der Waals surface area (Å²) in [6.07, 6.45) is 1.69. The van der Waals surface area contributed by atoms with Crippen LogP contribution in [0.25, 0.3) is 0 Å². The van der Waals surface area contributed by atoms with Crippen molar-refractivity contribution in [1.82, 2.24) is 0 Å². The van der Waals surface area contributed by atoms with E-state index in [-0.39, 0.29) is 0 Å². The Labute approximate surface area is 80.4 Å². The van der Waals surface area contributed by atoms with Gasteiger partial charge in [0, 0.05) is 4.47 Å². The lowest BCUT2D eigenvalue weighted by atomic mass is 10.2. The topological polar surface area (TPSA) is 21.6 Å². The van der Waals surface area contributed by atoms with Gasteiger partial charge in [0.05, 0.1) is 6.21 Å². The van der Waals surface area contributed by atoms with Gasteiger partial charge in [0.15, 0.2) is 0 Å². The third-order valence-electron chi connectivity index (χ3n) is 1.28. The van der Waals surface area contributed by atoms with Gasteiger partial charge in [0.2, 0.25) is 0 Å². The van der Waals surface area contributed by atoms with Gasteiger partial charge in [0.1, 0.15) is 6.61 Å². The lowest BCUT2D eigenvalue weighted by Crippen LogP contribution is -1.83. The van der Waals surface area contributed by atoms with Crippen molar-refractivity contribution in [2.24, 2.45) is 5.16 Å². The number of oxime groups is 1. The van der Waals surface area contributed by atoms with Crippen LogP contribution in [-0.4, -0.2) is 12.8 Å². The molecule has 0 aromatic heterocycles. The molecule has 1 aromatic rings. The van der Waals surface area contributed by atoms with E-state index < -0.39 is 0 Å². The molecule has 3 heteroatoms. The predicted molar refractivity (Wildman–Crippen MR) is 53.4 cm³/mol. The zero-order valence-corrected chi connectivity index (χ0v) is 8.41. The smallest absolute Gasteiger partial charge is 0.114 e. The monoisotopic (exact) mass is 227 g/mol. The van der Waals surface area contributed by atoms with Gasteiger partial charge in [-0.15, -0.1) is 0 Å². The molecule has 0 spiro atoms. The minimum Gasteiger partial charge on any atom is -0.396 e. The standard InChI is InChI=1S/C9H10BrNO/c1-2-12-11-7-8-3-5-9(10)6-4-8/h3-7H,2H2,1H3. The number of halogens is 1. The molecule has 0 bridgehead atoms. The summed E-state index contributed by atoms with van der Waals surface area (Å²) < 4.78 is 1.07. The second-order valence-corrected chi connectivity index (χ2v) is 3.12. The van der Waals surface area contributed by atoms with Crippen LogP contribution in [-0.2, 0) is 4.84 Å². The molecular weight excluding hydrogens is 218 g/mol. The maximum Gasteiger partial charge on any atom is 0.114 e. The molecule has 1 aromatic carbocycles. The SMILES string of the molecule is CCON=Cc1ccc(Br)cc1. The van der Waals surface area contributed by atoms with Gasteiger partial charge < -0.3 is 4.84 Å². The second kappa shape index (κ2) is 4.93. The maximum atomic E-state index is 4.83. The summed E-state index contributed by atoms with van der Waals surface area (Å²) in [6.45, 7) is 2.51. The Hall–Kier alpha value is -0.830. The van der Waals surface area contributed by atoms with Crippen molar-refractivity contribution in [2.45, 2.75) is 6.92 Å². The highest BCUT2D eigenvalue weighted by molar-refractivity contribution is 9.10. The highest BCUT2D eigenvalue weighted by Gasteiger charge is 1.87. The Kier molecular flexibility index (Phi) is 3.80. The van der Waals surface area contributed by atoms with E-state index >= 15 is 0 Å². The van der Waals surface area contributed by atoms with Gasteiger partial charge in [-0.2, -0.15) is 0 Å². The third-order valence-corrected chi connectivity index (χ3v) is 1.80. The Bertz CT molecular complexity index is 256. The molecule has 12 heavy (non-hydrogen) atoms. The lowest BCUT2D eigenvalue weighted by Gasteiger charge is -1.93.